The molecule has 0 saturated carbocycles. The molecule has 2 atom stereocenters. The first-order valence-corrected chi connectivity index (χ1v) is 6.78. The summed E-state index contributed by atoms with van der Waals surface area (Å²) in [6.45, 7) is 0. The highest BCUT2D eigenvalue weighted by atomic mass is 35.5. The van der Waals surface area contributed by atoms with E-state index in [2.05, 4.69) is 5.32 Å². The second-order valence-electron chi connectivity index (χ2n) is 4.34. The summed E-state index contributed by atoms with van der Waals surface area (Å²) in [5, 5.41) is 21.8. The van der Waals surface area contributed by atoms with E-state index in [1.54, 1.807) is 6.08 Å². The molecule has 0 spiro atoms. The number of halogens is 2. The fraction of sp³-hybridized carbons (Fsp3) is 0.286. The van der Waals surface area contributed by atoms with Gasteiger partial charge in [-0.1, -0.05) is 42.0 Å². The van der Waals surface area contributed by atoms with Crippen LogP contribution in [0.25, 0.3) is 0 Å². The van der Waals surface area contributed by atoms with Crippen molar-refractivity contribution in [3.05, 3.63) is 53.1 Å². The number of nitrogens with one attached hydrogen (secondary N) is 1. The lowest BCUT2D eigenvalue weighted by atomic mass is 10.0. The van der Waals surface area contributed by atoms with Gasteiger partial charge in [0.2, 0.25) is 0 Å². The van der Waals surface area contributed by atoms with Crippen molar-refractivity contribution in [1.82, 2.24) is 0 Å². The second-order valence-corrected chi connectivity index (χ2v) is 5.29. The molecule has 5 heteroatoms. The zero-order valence-electron chi connectivity index (χ0n) is 10.1. The third-order valence-corrected chi connectivity index (χ3v) is 3.66. The molecular weight excluding hydrogens is 285 g/mol. The van der Waals surface area contributed by atoms with Crippen molar-refractivity contribution in [3.63, 3.8) is 0 Å². The Hall–Kier alpha value is -1.000. The second kappa shape index (κ2) is 6.44. The predicted octanol–water partition coefficient (Wildman–Crippen LogP) is 2.62. The number of hydrogen-bond acceptors (Lipinski definition) is 3. The smallest absolute Gasteiger partial charge is 0.155 e. The molecule has 3 N–H and O–H groups in total. The molecule has 0 heterocycles. The average Bonchev–Trinajstić information content (AvgIpc) is 2.35. The Balaban J connectivity index is 2.19. The SMILES string of the molecule is OC(O)Cc1ccccc1NC1C(Cl)=CC=CC1Cl. The average molecular weight is 300 g/mol. The van der Waals surface area contributed by atoms with Crippen LogP contribution in [0.15, 0.2) is 47.5 Å². The molecule has 0 fully saturated rings. The topological polar surface area (TPSA) is 52.5 Å². The van der Waals surface area contributed by atoms with E-state index in [9.17, 15) is 0 Å². The van der Waals surface area contributed by atoms with Gasteiger partial charge in [0.15, 0.2) is 6.29 Å². The minimum absolute atomic E-state index is 0.153. The van der Waals surface area contributed by atoms with Crippen molar-refractivity contribution < 1.29 is 10.2 Å². The van der Waals surface area contributed by atoms with E-state index >= 15 is 0 Å². The van der Waals surface area contributed by atoms with E-state index in [4.69, 9.17) is 33.4 Å². The predicted molar refractivity (Wildman–Crippen MR) is 78.5 cm³/mol. The van der Waals surface area contributed by atoms with Crippen LogP contribution in [0.4, 0.5) is 5.69 Å². The van der Waals surface area contributed by atoms with Crippen LogP contribution in [0.3, 0.4) is 0 Å². The van der Waals surface area contributed by atoms with E-state index < -0.39 is 6.29 Å². The minimum Gasteiger partial charge on any atom is -0.375 e. The molecule has 0 aliphatic heterocycles. The van der Waals surface area contributed by atoms with Crippen molar-refractivity contribution in [2.75, 3.05) is 5.32 Å². The third-order valence-electron chi connectivity index (χ3n) is 2.90. The standard InChI is InChI=1S/C14H15Cl2NO2/c15-10-5-3-6-11(16)14(10)17-12-7-2-1-4-9(12)8-13(18)19/h1-7,10,13-14,17-19H,8H2. The van der Waals surface area contributed by atoms with Crippen LogP contribution >= 0.6 is 23.2 Å². The van der Waals surface area contributed by atoms with E-state index in [0.29, 0.717) is 5.03 Å². The van der Waals surface area contributed by atoms with Gasteiger partial charge < -0.3 is 15.5 Å². The molecule has 1 aliphatic rings. The summed E-state index contributed by atoms with van der Waals surface area (Å²) in [6, 6.07) is 7.20. The molecule has 0 amide bonds. The van der Waals surface area contributed by atoms with Crippen LogP contribution in [0.5, 0.6) is 0 Å². The first-order chi connectivity index (χ1) is 9.08. The summed E-state index contributed by atoms with van der Waals surface area (Å²) >= 11 is 12.4. The fourth-order valence-corrected chi connectivity index (χ4v) is 2.58. The van der Waals surface area contributed by atoms with Gasteiger partial charge in [-0.3, -0.25) is 0 Å². The maximum Gasteiger partial charge on any atom is 0.155 e. The zero-order valence-corrected chi connectivity index (χ0v) is 11.6. The van der Waals surface area contributed by atoms with Gasteiger partial charge in [-0.15, -0.1) is 11.6 Å². The number of benzene rings is 1. The molecule has 0 saturated heterocycles. The lowest BCUT2D eigenvalue weighted by molar-refractivity contribution is -0.0380. The first-order valence-electron chi connectivity index (χ1n) is 5.96. The van der Waals surface area contributed by atoms with Crippen LogP contribution in [-0.2, 0) is 6.42 Å². The highest BCUT2D eigenvalue weighted by molar-refractivity contribution is 6.32. The summed E-state index contributed by atoms with van der Waals surface area (Å²) in [7, 11) is 0. The van der Waals surface area contributed by atoms with Crippen LogP contribution in [0.1, 0.15) is 5.56 Å². The number of alkyl halides is 1. The summed E-state index contributed by atoms with van der Waals surface area (Å²) in [4.78, 5) is 0. The minimum atomic E-state index is -1.38. The van der Waals surface area contributed by atoms with Gasteiger partial charge in [0.1, 0.15) is 0 Å². The van der Waals surface area contributed by atoms with Gasteiger partial charge in [0.05, 0.1) is 11.4 Å². The molecule has 0 radical (unpaired) electrons. The van der Waals surface area contributed by atoms with Crippen molar-refractivity contribution in [3.8, 4) is 0 Å². The van der Waals surface area contributed by atoms with Gasteiger partial charge in [-0.05, 0) is 17.7 Å². The van der Waals surface area contributed by atoms with E-state index in [1.165, 1.54) is 0 Å². The Morgan fingerprint density at radius 3 is 2.68 bits per heavy atom. The maximum atomic E-state index is 9.09. The third kappa shape index (κ3) is 3.74. The van der Waals surface area contributed by atoms with Crippen molar-refractivity contribution in [2.45, 2.75) is 24.1 Å². The molecule has 0 aromatic heterocycles. The zero-order chi connectivity index (χ0) is 13.8. The molecule has 2 unspecified atom stereocenters. The number of rotatable bonds is 4. The summed E-state index contributed by atoms with van der Waals surface area (Å²) < 4.78 is 0. The van der Waals surface area contributed by atoms with E-state index in [-0.39, 0.29) is 17.8 Å². The van der Waals surface area contributed by atoms with E-state index in [1.807, 2.05) is 36.4 Å². The number of para-hydroxylation sites is 1. The molecule has 1 aromatic carbocycles. The number of hydrogen-bond donors (Lipinski definition) is 3. The number of allylic oxidation sites excluding steroid dienone is 2. The van der Waals surface area contributed by atoms with Gasteiger partial charge in [0, 0.05) is 17.1 Å². The molecule has 0 bridgehead atoms. The van der Waals surface area contributed by atoms with Crippen molar-refractivity contribution in [2.24, 2.45) is 0 Å². The number of aliphatic hydroxyl groups excluding tert-OH is 1. The first kappa shape index (κ1) is 14.4. The van der Waals surface area contributed by atoms with Crippen LogP contribution < -0.4 is 5.32 Å². The Labute approximate surface area is 122 Å². The molecule has 2 rings (SSSR count). The molecule has 1 aromatic rings. The number of aliphatic hydroxyl groups is 2. The quantitative estimate of drug-likeness (QED) is 0.592. The molecule has 19 heavy (non-hydrogen) atoms. The van der Waals surface area contributed by atoms with Crippen molar-refractivity contribution in [1.29, 1.82) is 0 Å². The van der Waals surface area contributed by atoms with Crippen LogP contribution in [-0.4, -0.2) is 27.9 Å². The highest BCUT2D eigenvalue weighted by Gasteiger charge is 2.23. The normalized spacial score (nSPS) is 22.5. The Morgan fingerprint density at radius 1 is 1.26 bits per heavy atom. The van der Waals surface area contributed by atoms with Gasteiger partial charge in [-0.25, -0.2) is 0 Å². The fourth-order valence-electron chi connectivity index (χ4n) is 1.97. The monoisotopic (exact) mass is 299 g/mol. The lowest BCUT2D eigenvalue weighted by Gasteiger charge is -2.25. The highest BCUT2D eigenvalue weighted by Crippen LogP contribution is 2.27. The van der Waals surface area contributed by atoms with Gasteiger partial charge in [0.25, 0.3) is 0 Å². The molecule has 1 aliphatic carbocycles. The molecule has 3 nitrogen and oxygen atoms in total. The number of anilines is 1. The summed E-state index contributed by atoms with van der Waals surface area (Å²) in [6.07, 6.45) is 4.24. The Kier molecular flexibility index (Phi) is 4.88. The van der Waals surface area contributed by atoms with Crippen LogP contribution in [0.2, 0.25) is 0 Å². The van der Waals surface area contributed by atoms with Crippen molar-refractivity contribution >= 4 is 28.9 Å². The van der Waals surface area contributed by atoms with Crippen LogP contribution in [0, 0.1) is 0 Å². The Morgan fingerprint density at radius 2 is 2.00 bits per heavy atom. The lowest BCUT2D eigenvalue weighted by Crippen LogP contribution is -2.31. The maximum absolute atomic E-state index is 9.09. The molecule has 102 valence electrons. The largest absolute Gasteiger partial charge is 0.375 e. The molecular formula is C14H15Cl2NO2. The summed E-state index contributed by atoms with van der Waals surface area (Å²) in [5.41, 5.74) is 1.61. The summed E-state index contributed by atoms with van der Waals surface area (Å²) in [5.74, 6) is 0. The van der Waals surface area contributed by atoms with E-state index in [0.717, 1.165) is 11.3 Å². The van der Waals surface area contributed by atoms with Gasteiger partial charge in [-0.2, -0.15) is 0 Å². The van der Waals surface area contributed by atoms with Gasteiger partial charge >= 0.3 is 0 Å². The Bertz CT molecular complexity index is 500.